The van der Waals surface area contributed by atoms with Gasteiger partial charge in [0.1, 0.15) is 30.3 Å². The van der Waals surface area contributed by atoms with Crippen LogP contribution in [0.5, 0.6) is 0 Å². The summed E-state index contributed by atoms with van der Waals surface area (Å²) in [7, 11) is 5.26. The molecule has 4 aromatic heterocycles. The van der Waals surface area contributed by atoms with Gasteiger partial charge in [-0.25, -0.2) is 14.8 Å². The first-order valence-corrected chi connectivity index (χ1v) is 13.7. The summed E-state index contributed by atoms with van der Waals surface area (Å²) in [6.07, 6.45) is 4.60. The van der Waals surface area contributed by atoms with Crippen molar-refractivity contribution in [2.24, 2.45) is 12.5 Å². The van der Waals surface area contributed by atoms with Crippen LogP contribution in [0.3, 0.4) is 0 Å². The van der Waals surface area contributed by atoms with Gasteiger partial charge in [-0.2, -0.15) is 5.10 Å². The second kappa shape index (κ2) is 10.9. The third-order valence-corrected chi connectivity index (χ3v) is 7.33. The number of aromatic nitrogens is 7. The van der Waals surface area contributed by atoms with E-state index in [1.54, 1.807) is 26.7 Å². The summed E-state index contributed by atoms with van der Waals surface area (Å²) in [6.45, 7) is 10.2. The summed E-state index contributed by atoms with van der Waals surface area (Å²) in [4.78, 5) is 39.9. The Bertz CT molecular complexity index is 1630. The number of pyridine rings is 2. The minimum absolute atomic E-state index is 0.0861. The van der Waals surface area contributed by atoms with E-state index in [4.69, 9.17) is 14.7 Å². The third-order valence-electron chi connectivity index (χ3n) is 7.33. The topological polar surface area (TPSA) is 136 Å². The lowest BCUT2D eigenvalue weighted by Crippen LogP contribution is -2.36. The average Bonchev–Trinajstić information content (AvgIpc) is 3.68. The smallest absolute Gasteiger partial charge is 0.407 e. The summed E-state index contributed by atoms with van der Waals surface area (Å²) in [5.41, 5.74) is 2.67. The zero-order chi connectivity index (χ0) is 30.3. The normalized spacial score (nSPS) is 14.8. The largest absolute Gasteiger partial charge is 0.443 e. The molecule has 1 N–H and O–H groups in total. The van der Waals surface area contributed by atoms with Crippen LogP contribution in [0.25, 0.3) is 17.2 Å². The Kier molecular flexibility index (Phi) is 7.43. The monoisotopic (exact) mass is 572 g/mol. The van der Waals surface area contributed by atoms with Crippen molar-refractivity contribution in [2.75, 3.05) is 23.9 Å². The minimum atomic E-state index is -0.575. The number of aryl methyl sites for hydroxylation is 1. The lowest BCUT2D eigenvalue weighted by Gasteiger charge is -2.35. The number of hydrogen-bond donors (Lipinski definition) is 1. The molecule has 42 heavy (non-hydrogen) atoms. The van der Waals surface area contributed by atoms with Gasteiger partial charge in [0.25, 0.3) is 5.91 Å². The van der Waals surface area contributed by atoms with Crippen molar-refractivity contribution in [2.45, 2.75) is 53.3 Å². The molecule has 1 unspecified atom stereocenters. The predicted octanol–water partition coefficient (Wildman–Crippen LogP) is 3.91. The molecule has 0 fully saturated rings. The fraction of sp³-hybridized carbons (Fsp3) is 0.414. The third kappa shape index (κ3) is 5.17. The first-order chi connectivity index (χ1) is 19.9. The lowest BCUT2D eigenvalue weighted by atomic mass is 9.81. The molecule has 13 nitrogen and oxygen atoms in total. The summed E-state index contributed by atoms with van der Waals surface area (Å²) in [5, 5.41) is 15.1. The van der Waals surface area contributed by atoms with Crippen LogP contribution in [0, 0.1) is 5.41 Å². The number of fused-ring (bicyclic) bond motifs is 1. The van der Waals surface area contributed by atoms with E-state index in [0.717, 1.165) is 11.3 Å². The van der Waals surface area contributed by atoms with Crippen LogP contribution < -0.4 is 15.1 Å². The number of carbonyl (C=O) groups excluding carboxylic acids is 2. The standard InChI is InChI=1S/C29H36N10O3/c1-17(2)37(8)23-12-19-24(21(34-23)15-42-28(41)30-6)25(29(3,4)5)39(27(19)40)22-11-9-10-20(33-22)26-35-31-16-38(26)18-13-32-36(7)14-18/h9-14,16-17,25H,15H2,1-8H3,(H,30,41). The summed E-state index contributed by atoms with van der Waals surface area (Å²) >= 11 is 0. The molecule has 4 aromatic rings. The van der Waals surface area contributed by atoms with Gasteiger partial charge in [0, 0.05) is 38.9 Å². The van der Waals surface area contributed by atoms with Crippen LogP contribution in [0.15, 0.2) is 43.0 Å². The molecule has 5 heterocycles. The van der Waals surface area contributed by atoms with Gasteiger partial charge < -0.3 is 15.0 Å². The molecule has 0 spiro atoms. The summed E-state index contributed by atoms with van der Waals surface area (Å²) < 4.78 is 8.95. The molecular formula is C29H36N10O3. The summed E-state index contributed by atoms with van der Waals surface area (Å²) in [5.74, 6) is 1.40. The quantitative estimate of drug-likeness (QED) is 0.350. The highest BCUT2D eigenvalue weighted by Crippen LogP contribution is 2.48. The Morgan fingerprint density at radius 2 is 1.98 bits per heavy atom. The zero-order valence-electron chi connectivity index (χ0n) is 25.2. The van der Waals surface area contributed by atoms with Gasteiger partial charge in [-0.05, 0) is 37.5 Å². The van der Waals surface area contributed by atoms with Crippen molar-refractivity contribution in [3.8, 4) is 17.2 Å². The van der Waals surface area contributed by atoms with Gasteiger partial charge in [-0.15, -0.1) is 10.2 Å². The molecule has 0 radical (unpaired) electrons. The molecule has 0 saturated heterocycles. The predicted molar refractivity (Wildman–Crippen MR) is 157 cm³/mol. The van der Waals surface area contributed by atoms with Crippen LogP contribution >= 0.6 is 0 Å². The number of anilines is 2. The van der Waals surface area contributed by atoms with E-state index in [1.807, 2.05) is 63.3 Å². The van der Waals surface area contributed by atoms with Crippen molar-refractivity contribution < 1.29 is 14.3 Å². The number of nitrogens with one attached hydrogen (secondary N) is 1. The molecular weight excluding hydrogens is 536 g/mol. The molecule has 0 saturated carbocycles. The van der Waals surface area contributed by atoms with Crippen molar-refractivity contribution in [3.05, 3.63) is 59.8 Å². The lowest BCUT2D eigenvalue weighted by molar-refractivity contribution is 0.0976. The molecule has 0 aromatic carbocycles. The number of nitrogens with zero attached hydrogens (tertiary/aromatic N) is 9. The maximum atomic E-state index is 14.3. The van der Waals surface area contributed by atoms with Gasteiger partial charge in [-0.3, -0.25) is 18.9 Å². The average molecular weight is 573 g/mol. The number of ether oxygens (including phenoxy) is 1. The van der Waals surface area contributed by atoms with Gasteiger partial charge in [-0.1, -0.05) is 26.8 Å². The molecule has 0 aliphatic carbocycles. The van der Waals surface area contributed by atoms with Gasteiger partial charge in [0.15, 0.2) is 5.82 Å². The number of alkyl carbamates (subject to hydrolysis) is 1. The number of hydrogen-bond acceptors (Lipinski definition) is 9. The first kappa shape index (κ1) is 28.7. The van der Waals surface area contributed by atoms with Crippen LogP contribution in [-0.2, 0) is 18.4 Å². The first-order valence-electron chi connectivity index (χ1n) is 13.7. The van der Waals surface area contributed by atoms with Gasteiger partial charge in [0.05, 0.1) is 29.2 Å². The zero-order valence-corrected chi connectivity index (χ0v) is 25.2. The van der Waals surface area contributed by atoms with E-state index in [1.165, 1.54) is 7.05 Å². The van der Waals surface area contributed by atoms with Crippen LogP contribution in [0.2, 0.25) is 0 Å². The van der Waals surface area contributed by atoms with Crippen molar-refractivity contribution in [1.29, 1.82) is 0 Å². The molecule has 1 atom stereocenters. The fourth-order valence-corrected chi connectivity index (χ4v) is 5.08. The van der Waals surface area contributed by atoms with Crippen LogP contribution in [0.1, 0.15) is 62.3 Å². The Morgan fingerprint density at radius 1 is 1.21 bits per heavy atom. The van der Waals surface area contributed by atoms with Crippen molar-refractivity contribution in [1.82, 2.24) is 39.8 Å². The maximum Gasteiger partial charge on any atom is 0.407 e. The molecule has 13 heteroatoms. The number of carbonyl (C=O) groups is 2. The minimum Gasteiger partial charge on any atom is -0.443 e. The highest BCUT2D eigenvalue weighted by atomic mass is 16.5. The molecule has 1 aliphatic rings. The van der Waals surface area contributed by atoms with Crippen LogP contribution in [-0.4, -0.2) is 66.7 Å². The maximum absolute atomic E-state index is 14.3. The molecule has 2 amide bonds. The molecule has 1 aliphatic heterocycles. The Morgan fingerprint density at radius 3 is 2.62 bits per heavy atom. The molecule has 0 bridgehead atoms. The van der Waals surface area contributed by atoms with E-state index in [0.29, 0.717) is 34.4 Å². The second-order valence-electron chi connectivity index (χ2n) is 11.6. The molecule has 5 rings (SSSR count). The number of amides is 2. The van der Waals surface area contributed by atoms with Gasteiger partial charge in [0.2, 0.25) is 0 Å². The van der Waals surface area contributed by atoms with E-state index >= 15 is 0 Å². The Balaban J connectivity index is 1.64. The van der Waals surface area contributed by atoms with E-state index < -0.39 is 17.6 Å². The molecule has 220 valence electrons. The van der Waals surface area contributed by atoms with Gasteiger partial charge >= 0.3 is 6.09 Å². The van der Waals surface area contributed by atoms with E-state index in [-0.39, 0.29) is 18.6 Å². The van der Waals surface area contributed by atoms with Crippen LogP contribution in [0.4, 0.5) is 16.4 Å². The number of rotatable bonds is 7. The Hall–Kier alpha value is -4.81. The highest BCUT2D eigenvalue weighted by Gasteiger charge is 2.47. The van der Waals surface area contributed by atoms with Crippen molar-refractivity contribution >= 4 is 23.6 Å². The SMILES string of the molecule is CNC(=O)OCc1nc(N(C)C(C)C)cc2c1C(C(C)(C)C)N(c1cccc(-c3nncn3-c3cnn(C)c3)n1)C2=O. The van der Waals surface area contributed by atoms with E-state index in [2.05, 4.69) is 41.4 Å². The van der Waals surface area contributed by atoms with Crippen molar-refractivity contribution in [3.63, 3.8) is 0 Å². The second-order valence-corrected chi connectivity index (χ2v) is 11.6. The Labute approximate surface area is 244 Å². The fourth-order valence-electron chi connectivity index (χ4n) is 5.08. The summed E-state index contributed by atoms with van der Waals surface area (Å²) in [6, 6.07) is 7.01. The highest BCUT2D eigenvalue weighted by molar-refractivity contribution is 6.11. The van der Waals surface area contributed by atoms with E-state index in [9.17, 15) is 9.59 Å².